The van der Waals surface area contributed by atoms with Crippen LogP contribution in [0.4, 0.5) is 0 Å². The Bertz CT molecular complexity index is 958. The van der Waals surface area contributed by atoms with E-state index in [0.717, 1.165) is 31.2 Å². The summed E-state index contributed by atoms with van der Waals surface area (Å²) in [5.41, 5.74) is 1.46. The molecule has 0 saturated heterocycles. The van der Waals surface area contributed by atoms with E-state index in [-0.39, 0.29) is 22.8 Å². The van der Waals surface area contributed by atoms with Gasteiger partial charge in [-0.25, -0.2) is 9.99 Å². The van der Waals surface area contributed by atoms with Crippen LogP contribution in [0.25, 0.3) is 0 Å². The van der Waals surface area contributed by atoms with Crippen molar-refractivity contribution in [2.45, 2.75) is 31.7 Å². The highest BCUT2D eigenvalue weighted by molar-refractivity contribution is 5.88. The Kier molecular flexibility index (Phi) is 3.73. The Balaban J connectivity index is 1.20. The zero-order chi connectivity index (χ0) is 19.2. The number of ether oxygens (including phenoxy) is 1. The summed E-state index contributed by atoms with van der Waals surface area (Å²) in [6.45, 7) is 0.562. The van der Waals surface area contributed by atoms with E-state index in [1.165, 1.54) is 6.20 Å². The standard InChI is InChI=1S/C22H20N4O2/c23-10-16-6-7-19(24-11-16)28-15-21-12-22(13-21,14-21)20(27)26-18(8-9-25-26)17-4-2-1-3-5-17/h1-7,9,11,18H,8,12-15H2. The van der Waals surface area contributed by atoms with Crippen molar-refractivity contribution in [3.63, 3.8) is 0 Å². The van der Waals surface area contributed by atoms with Gasteiger partial charge in [-0.15, -0.1) is 0 Å². The first-order valence-corrected chi connectivity index (χ1v) is 9.53. The number of carbonyl (C=O) groups excluding carboxylic acids is 1. The van der Waals surface area contributed by atoms with Crippen molar-refractivity contribution in [3.05, 3.63) is 59.8 Å². The van der Waals surface area contributed by atoms with E-state index in [4.69, 9.17) is 10.00 Å². The molecule has 1 aliphatic heterocycles. The quantitative estimate of drug-likeness (QED) is 0.805. The smallest absolute Gasteiger partial charge is 0.249 e. The third-order valence-electron chi connectivity index (χ3n) is 6.21. The molecule has 0 spiro atoms. The van der Waals surface area contributed by atoms with E-state index in [9.17, 15) is 4.79 Å². The number of pyridine rings is 1. The largest absolute Gasteiger partial charge is 0.477 e. The molecule has 28 heavy (non-hydrogen) atoms. The number of benzene rings is 1. The molecule has 0 radical (unpaired) electrons. The Hall–Kier alpha value is -3.20. The molecule has 6 nitrogen and oxygen atoms in total. The molecule has 3 saturated carbocycles. The zero-order valence-corrected chi connectivity index (χ0v) is 15.4. The molecular formula is C22H20N4O2. The minimum absolute atomic E-state index is 0.0118. The van der Waals surface area contributed by atoms with Crippen molar-refractivity contribution in [2.24, 2.45) is 15.9 Å². The number of carbonyl (C=O) groups is 1. The Morgan fingerprint density at radius 2 is 2.00 bits per heavy atom. The van der Waals surface area contributed by atoms with Gasteiger partial charge >= 0.3 is 0 Å². The van der Waals surface area contributed by atoms with Crippen molar-refractivity contribution < 1.29 is 9.53 Å². The molecule has 3 fully saturated rings. The molecule has 1 unspecified atom stereocenters. The number of rotatable bonds is 5. The Morgan fingerprint density at radius 3 is 2.68 bits per heavy atom. The lowest BCUT2D eigenvalue weighted by Crippen LogP contribution is -2.69. The van der Waals surface area contributed by atoms with Crippen LogP contribution >= 0.6 is 0 Å². The predicted molar refractivity (Wildman–Crippen MR) is 102 cm³/mol. The summed E-state index contributed by atoms with van der Waals surface area (Å²) in [4.78, 5) is 17.3. The van der Waals surface area contributed by atoms with Gasteiger partial charge < -0.3 is 4.74 Å². The summed E-state index contributed by atoms with van der Waals surface area (Å²) in [5, 5.41) is 14.9. The van der Waals surface area contributed by atoms with E-state index in [0.29, 0.717) is 18.1 Å². The first kappa shape index (κ1) is 16.9. The maximum atomic E-state index is 13.2. The minimum atomic E-state index is -0.268. The van der Waals surface area contributed by atoms with Gasteiger partial charge in [0.05, 0.1) is 23.6 Å². The molecule has 1 atom stereocenters. The van der Waals surface area contributed by atoms with Crippen LogP contribution in [0.2, 0.25) is 0 Å². The number of hydrazone groups is 1. The second-order valence-corrected chi connectivity index (χ2v) is 8.21. The topological polar surface area (TPSA) is 78.6 Å². The van der Waals surface area contributed by atoms with Crippen LogP contribution in [0.5, 0.6) is 5.88 Å². The summed E-state index contributed by atoms with van der Waals surface area (Å²) in [6.07, 6.45) is 6.67. The lowest BCUT2D eigenvalue weighted by Gasteiger charge is -2.69. The molecule has 6 rings (SSSR count). The van der Waals surface area contributed by atoms with Gasteiger partial charge in [-0.2, -0.15) is 10.4 Å². The van der Waals surface area contributed by atoms with Gasteiger partial charge in [0, 0.05) is 30.3 Å². The van der Waals surface area contributed by atoms with Crippen molar-refractivity contribution in [1.29, 1.82) is 5.26 Å². The van der Waals surface area contributed by atoms with Gasteiger partial charge in [0.25, 0.3) is 0 Å². The maximum Gasteiger partial charge on any atom is 0.249 e. The summed E-state index contributed by atoms with van der Waals surface area (Å²) >= 11 is 0. The highest BCUT2D eigenvalue weighted by Gasteiger charge is 2.72. The second-order valence-electron chi connectivity index (χ2n) is 8.21. The fourth-order valence-corrected chi connectivity index (χ4v) is 4.94. The SMILES string of the molecule is N#Cc1ccc(OCC23CC(C(=O)N4N=CCC4c4ccccc4)(C2)C3)nc1. The minimum Gasteiger partial charge on any atom is -0.477 e. The fraction of sp³-hybridized carbons (Fsp3) is 0.364. The maximum absolute atomic E-state index is 13.2. The van der Waals surface area contributed by atoms with E-state index >= 15 is 0 Å². The van der Waals surface area contributed by atoms with Gasteiger partial charge in [-0.3, -0.25) is 4.79 Å². The highest BCUT2D eigenvalue weighted by atomic mass is 16.5. The molecule has 4 aliphatic rings. The number of amides is 1. The molecule has 0 N–H and O–H groups in total. The van der Waals surface area contributed by atoms with Crippen molar-refractivity contribution in [1.82, 2.24) is 9.99 Å². The summed E-state index contributed by atoms with van der Waals surface area (Å²) in [5.74, 6) is 0.672. The number of hydrogen-bond donors (Lipinski definition) is 0. The van der Waals surface area contributed by atoms with E-state index in [1.807, 2.05) is 30.5 Å². The predicted octanol–water partition coefficient (Wildman–Crippen LogP) is 3.46. The highest BCUT2D eigenvalue weighted by Crippen LogP contribution is 2.74. The van der Waals surface area contributed by atoms with Gasteiger partial charge in [0.1, 0.15) is 6.07 Å². The average Bonchev–Trinajstić information content (AvgIpc) is 3.17. The van der Waals surface area contributed by atoms with Crippen LogP contribution in [-0.2, 0) is 4.79 Å². The van der Waals surface area contributed by atoms with Crippen LogP contribution in [0, 0.1) is 22.2 Å². The van der Waals surface area contributed by atoms with Crippen LogP contribution in [-0.4, -0.2) is 28.7 Å². The lowest BCUT2D eigenvalue weighted by atomic mass is 9.35. The van der Waals surface area contributed by atoms with Crippen LogP contribution < -0.4 is 4.74 Å². The van der Waals surface area contributed by atoms with Crippen molar-refractivity contribution in [3.8, 4) is 11.9 Å². The van der Waals surface area contributed by atoms with Crippen LogP contribution in [0.15, 0.2) is 53.8 Å². The first-order valence-electron chi connectivity index (χ1n) is 9.53. The monoisotopic (exact) mass is 372 g/mol. The molecule has 1 aromatic heterocycles. The molecule has 140 valence electrons. The fourth-order valence-electron chi connectivity index (χ4n) is 4.94. The molecular weight excluding hydrogens is 352 g/mol. The number of nitriles is 1. The molecule has 2 bridgehead atoms. The molecule has 2 heterocycles. The molecule has 1 aromatic carbocycles. The second kappa shape index (κ2) is 6.16. The molecule has 2 aromatic rings. The third-order valence-corrected chi connectivity index (χ3v) is 6.21. The summed E-state index contributed by atoms with van der Waals surface area (Å²) < 4.78 is 5.82. The Labute approximate surface area is 163 Å². The van der Waals surface area contributed by atoms with Gasteiger partial charge in [0.15, 0.2) is 0 Å². The lowest BCUT2D eigenvalue weighted by molar-refractivity contribution is -0.227. The van der Waals surface area contributed by atoms with E-state index in [2.05, 4.69) is 22.2 Å². The van der Waals surface area contributed by atoms with Crippen molar-refractivity contribution in [2.75, 3.05) is 6.61 Å². The summed E-state index contributed by atoms with van der Waals surface area (Å²) in [6, 6.07) is 15.6. The normalized spacial score (nSPS) is 29.5. The van der Waals surface area contributed by atoms with Gasteiger partial charge in [0.2, 0.25) is 11.8 Å². The number of aromatic nitrogens is 1. The van der Waals surface area contributed by atoms with Crippen molar-refractivity contribution >= 4 is 12.1 Å². The third kappa shape index (κ3) is 2.58. The van der Waals surface area contributed by atoms with Gasteiger partial charge in [-0.05, 0) is 30.9 Å². The number of hydrogen-bond acceptors (Lipinski definition) is 5. The summed E-state index contributed by atoms with van der Waals surface area (Å²) in [7, 11) is 0. The zero-order valence-electron chi connectivity index (χ0n) is 15.4. The van der Waals surface area contributed by atoms with E-state index in [1.54, 1.807) is 17.1 Å². The van der Waals surface area contributed by atoms with Crippen LogP contribution in [0.1, 0.15) is 42.9 Å². The van der Waals surface area contributed by atoms with E-state index < -0.39 is 0 Å². The van der Waals surface area contributed by atoms with Gasteiger partial charge in [-0.1, -0.05) is 30.3 Å². The molecule has 1 amide bonds. The van der Waals surface area contributed by atoms with Crippen LogP contribution in [0.3, 0.4) is 0 Å². The molecule has 6 heteroatoms. The molecule has 3 aliphatic carbocycles. The first-order chi connectivity index (χ1) is 13.6. The average molecular weight is 372 g/mol. The number of nitrogens with zero attached hydrogens (tertiary/aromatic N) is 4. The Morgan fingerprint density at radius 1 is 1.21 bits per heavy atom.